The number of carbonyl (C=O) groups is 1. The Morgan fingerprint density at radius 3 is 2.35 bits per heavy atom. The second-order valence-corrected chi connectivity index (χ2v) is 8.00. The van der Waals surface area contributed by atoms with Crippen molar-refractivity contribution in [3.8, 4) is 11.5 Å². The monoisotopic (exact) mass is 377 g/mol. The lowest BCUT2D eigenvalue weighted by Gasteiger charge is -2.11. The normalized spacial score (nSPS) is 11.1. The van der Waals surface area contributed by atoms with Gasteiger partial charge in [0.05, 0.1) is 19.1 Å². The van der Waals surface area contributed by atoms with Crippen molar-refractivity contribution in [2.75, 3.05) is 25.8 Å². The van der Waals surface area contributed by atoms with E-state index in [0.717, 1.165) is 17.4 Å². The average Bonchev–Trinajstić information content (AvgIpc) is 2.60. The van der Waals surface area contributed by atoms with E-state index in [0.29, 0.717) is 23.6 Å². The summed E-state index contributed by atoms with van der Waals surface area (Å²) in [5.41, 5.74) is 2.25. The van der Waals surface area contributed by atoms with Crippen LogP contribution in [-0.2, 0) is 21.1 Å². The summed E-state index contributed by atoms with van der Waals surface area (Å²) in [5.74, 6) is 1.06. The van der Waals surface area contributed by atoms with Gasteiger partial charge in [-0.3, -0.25) is 4.79 Å². The van der Waals surface area contributed by atoms with Gasteiger partial charge >= 0.3 is 0 Å². The molecular formula is C19H23NO5S. The Hall–Kier alpha value is -2.54. The summed E-state index contributed by atoms with van der Waals surface area (Å²) in [6.45, 7) is 1.82. The van der Waals surface area contributed by atoms with Crippen LogP contribution in [0.5, 0.6) is 11.5 Å². The van der Waals surface area contributed by atoms with Crippen molar-refractivity contribution in [2.24, 2.45) is 0 Å². The highest BCUT2D eigenvalue weighted by molar-refractivity contribution is 7.90. The van der Waals surface area contributed by atoms with Gasteiger partial charge in [0.2, 0.25) is 5.91 Å². The van der Waals surface area contributed by atoms with E-state index in [1.54, 1.807) is 26.4 Å². The van der Waals surface area contributed by atoms with Crippen LogP contribution in [0.25, 0.3) is 0 Å². The van der Waals surface area contributed by atoms with Crippen LogP contribution in [0.3, 0.4) is 0 Å². The molecule has 7 heteroatoms. The molecule has 0 fully saturated rings. The number of hydrogen-bond acceptors (Lipinski definition) is 5. The fourth-order valence-corrected chi connectivity index (χ4v) is 3.12. The zero-order valence-electron chi connectivity index (χ0n) is 15.3. The van der Waals surface area contributed by atoms with E-state index >= 15 is 0 Å². The van der Waals surface area contributed by atoms with Gasteiger partial charge < -0.3 is 14.8 Å². The van der Waals surface area contributed by atoms with Crippen molar-refractivity contribution in [3.05, 3.63) is 47.5 Å². The van der Waals surface area contributed by atoms with Gasteiger partial charge in [-0.1, -0.05) is 12.1 Å². The molecule has 26 heavy (non-hydrogen) atoms. The average molecular weight is 377 g/mol. The predicted octanol–water partition coefficient (Wildman–Crippen LogP) is 2.99. The number of carbonyl (C=O) groups excluding carboxylic acids is 1. The summed E-state index contributed by atoms with van der Waals surface area (Å²) in [6.07, 6.45) is 1.93. The number of amides is 1. The maximum Gasteiger partial charge on any atom is 0.224 e. The SMILES string of the molecule is COc1ccc(CCC(=O)Nc2cc(S(C)(=O)=O)ccc2C)cc1OC. The molecule has 2 rings (SSSR count). The second kappa shape index (κ2) is 8.23. The smallest absolute Gasteiger partial charge is 0.224 e. The lowest BCUT2D eigenvalue weighted by atomic mass is 10.1. The molecule has 0 heterocycles. The molecule has 0 saturated carbocycles. The minimum atomic E-state index is -3.32. The van der Waals surface area contributed by atoms with Crippen LogP contribution >= 0.6 is 0 Å². The van der Waals surface area contributed by atoms with Gasteiger partial charge in [-0.25, -0.2) is 8.42 Å². The highest BCUT2D eigenvalue weighted by Gasteiger charge is 2.12. The number of benzene rings is 2. The maximum atomic E-state index is 12.3. The molecule has 0 saturated heterocycles. The van der Waals surface area contributed by atoms with Crippen molar-refractivity contribution in [1.29, 1.82) is 0 Å². The van der Waals surface area contributed by atoms with E-state index in [4.69, 9.17) is 9.47 Å². The van der Waals surface area contributed by atoms with Crippen LogP contribution in [0.1, 0.15) is 17.5 Å². The van der Waals surface area contributed by atoms with Crippen LogP contribution in [0.15, 0.2) is 41.3 Å². The fourth-order valence-electron chi connectivity index (χ4n) is 2.47. The van der Waals surface area contributed by atoms with E-state index in [-0.39, 0.29) is 17.2 Å². The first-order chi connectivity index (χ1) is 12.2. The van der Waals surface area contributed by atoms with Gasteiger partial charge in [0.25, 0.3) is 0 Å². The highest BCUT2D eigenvalue weighted by Crippen LogP contribution is 2.28. The summed E-state index contributed by atoms with van der Waals surface area (Å²) in [4.78, 5) is 12.4. The summed E-state index contributed by atoms with van der Waals surface area (Å²) in [5, 5.41) is 2.78. The summed E-state index contributed by atoms with van der Waals surface area (Å²) >= 11 is 0. The van der Waals surface area contributed by atoms with Crippen LogP contribution in [0.4, 0.5) is 5.69 Å². The lowest BCUT2D eigenvalue weighted by Crippen LogP contribution is -2.14. The zero-order valence-corrected chi connectivity index (χ0v) is 16.1. The molecule has 140 valence electrons. The molecule has 0 spiro atoms. The first-order valence-corrected chi connectivity index (χ1v) is 9.95. The Labute approximate surface area is 154 Å². The number of hydrogen-bond donors (Lipinski definition) is 1. The minimum absolute atomic E-state index is 0.179. The topological polar surface area (TPSA) is 81.7 Å². The van der Waals surface area contributed by atoms with E-state index < -0.39 is 9.84 Å². The number of methoxy groups -OCH3 is 2. The number of aryl methyl sites for hydroxylation is 2. The third-order valence-electron chi connectivity index (χ3n) is 4.00. The summed E-state index contributed by atoms with van der Waals surface area (Å²) in [6, 6.07) is 10.2. The largest absolute Gasteiger partial charge is 0.493 e. The molecule has 2 aromatic rings. The molecule has 0 aliphatic rings. The Balaban J connectivity index is 2.06. The number of sulfone groups is 1. The Bertz CT molecular complexity index is 906. The van der Waals surface area contributed by atoms with E-state index in [9.17, 15) is 13.2 Å². The molecule has 6 nitrogen and oxygen atoms in total. The molecule has 0 unspecified atom stereocenters. The molecule has 0 aliphatic carbocycles. The summed E-state index contributed by atoms with van der Waals surface area (Å²) in [7, 11) is -0.196. The van der Waals surface area contributed by atoms with Crippen LogP contribution in [0.2, 0.25) is 0 Å². The minimum Gasteiger partial charge on any atom is -0.493 e. The first-order valence-electron chi connectivity index (χ1n) is 8.06. The third-order valence-corrected chi connectivity index (χ3v) is 5.11. The number of rotatable bonds is 7. The van der Waals surface area contributed by atoms with Gasteiger partial charge in [-0.2, -0.15) is 0 Å². The fraction of sp³-hybridized carbons (Fsp3) is 0.316. The molecule has 0 atom stereocenters. The van der Waals surface area contributed by atoms with Crippen molar-refractivity contribution in [1.82, 2.24) is 0 Å². The van der Waals surface area contributed by atoms with Gasteiger partial charge in [0, 0.05) is 18.4 Å². The van der Waals surface area contributed by atoms with Crippen LogP contribution in [-0.4, -0.2) is 34.8 Å². The third kappa shape index (κ3) is 4.98. The number of anilines is 1. The Kier molecular flexibility index (Phi) is 6.26. The van der Waals surface area contributed by atoms with E-state index in [1.165, 1.54) is 12.1 Å². The Morgan fingerprint density at radius 1 is 1.04 bits per heavy atom. The van der Waals surface area contributed by atoms with Gasteiger partial charge in [-0.05, 0) is 48.7 Å². The van der Waals surface area contributed by atoms with Crippen molar-refractivity contribution in [2.45, 2.75) is 24.7 Å². The molecule has 0 bridgehead atoms. The van der Waals surface area contributed by atoms with Crippen molar-refractivity contribution < 1.29 is 22.7 Å². The molecule has 0 aromatic heterocycles. The van der Waals surface area contributed by atoms with Crippen molar-refractivity contribution >= 4 is 21.4 Å². The second-order valence-electron chi connectivity index (χ2n) is 5.99. The van der Waals surface area contributed by atoms with Crippen LogP contribution in [0, 0.1) is 6.92 Å². The lowest BCUT2D eigenvalue weighted by molar-refractivity contribution is -0.116. The molecule has 0 radical (unpaired) electrons. The van der Waals surface area contributed by atoms with E-state index in [2.05, 4.69) is 5.32 Å². The molecule has 0 aliphatic heterocycles. The standard InChI is InChI=1S/C19H23NO5S/c1-13-5-8-15(26(4,22)23)12-16(13)20-19(21)10-7-14-6-9-17(24-2)18(11-14)25-3/h5-6,8-9,11-12H,7,10H2,1-4H3,(H,20,21). The van der Waals surface area contributed by atoms with Gasteiger partial charge in [0.1, 0.15) is 0 Å². The molecular weight excluding hydrogens is 354 g/mol. The number of nitrogens with one attached hydrogen (secondary N) is 1. The quantitative estimate of drug-likeness (QED) is 0.802. The van der Waals surface area contributed by atoms with E-state index in [1.807, 2.05) is 19.1 Å². The highest BCUT2D eigenvalue weighted by atomic mass is 32.2. The zero-order chi connectivity index (χ0) is 19.3. The van der Waals surface area contributed by atoms with Gasteiger partial charge in [-0.15, -0.1) is 0 Å². The van der Waals surface area contributed by atoms with Crippen LogP contribution < -0.4 is 14.8 Å². The Morgan fingerprint density at radius 2 is 1.73 bits per heavy atom. The van der Waals surface area contributed by atoms with Crippen molar-refractivity contribution in [3.63, 3.8) is 0 Å². The molecule has 1 N–H and O–H groups in total. The maximum absolute atomic E-state index is 12.3. The predicted molar refractivity (Wildman–Crippen MR) is 101 cm³/mol. The first kappa shape index (κ1) is 19.8. The molecule has 1 amide bonds. The molecule has 2 aromatic carbocycles. The van der Waals surface area contributed by atoms with Gasteiger partial charge in [0.15, 0.2) is 21.3 Å². The summed E-state index contributed by atoms with van der Waals surface area (Å²) < 4.78 is 33.8. The number of ether oxygens (including phenoxy) is 2.